The van der Waals surface area contributed by atoms with Gasteiger partial charge in [0.15, 0.2) is 11.5 Å². The van der Waals surface area contributed by atoms with E-state index in [1.807, 2.05) is 44.2 Å². The predicted octanol–water partition coefficient (Wildman–Crippen LogP) is 3.60. The molecule has 2 saturated heterocycles. The molecule has 0 bridgehead atoms. The van der Waals surface area contributed by atoms with Crippen LogP contribution in [0.25, 0.3) is 16.9 Å². The molecule has 4 aromatic rings. The van der Waals surface area contributed by atoms with Gasteiger partial charge in [0.2, 0.25) is 0 Å². The first-order valence-electron chi connectivity index (χ1n) is 15.7. The van der Waals surface area contributed by atoms with E-state index in [0.717, 1.165) is 32.7 Å². The summed E-state index contributed by atoms with van der Waals surface area (Å²) in [6.07, 6.45) is 3.66. The highest BCUT2D eigenvalue weighted by Gasteiger charge is 2.35. The third kappa shape index (κ3) is 5.99. The maximum Gasteiger partial charge on any atom is 0.335 e. The second-order valence-corrected chi connectivity index (χ2v) is 12.3. The Labute approximate surface area is 267 Å². The number of para-hydroxylation sites is 1. The first-order valence-corrected chi connectivity index (χ1v) is 15.7. The molecule has 2 aliphatic heterocycles. The van der Waals surface area contributed by atoms with Gasteiger partial charge in [-0.2, -0.15) is 5.26 Å². The highest BCUT2D eigenvalue weighted by atomic mass is 16.5. The molecule has 6 rings (SSSR count). The van der Waals surface area contributed by atoms with Gasteiger partial charge in [-0.1, -0.05) is 25.1 Å². The Morgan fingerprint density at radius 3 is 2.41 bits per heavy atom. The molecule has 0 spiro atoms. The van der Waals surface area contributed by atoms with Gasteiger partial charge in [-0.15, -0.1) is 0 Å². The zero-order chi connectivity index (χ0) is 32.4. The summed E-state index contributed by atoms with van der Waals surface area (Å²) in [5.41, 5.74) is 7.01. The zero-order valence-corrected chi connectivity index (χ0v) is 26.5. The van der Waals surface area contributed by atoms with E-state index in [2.05, 4.69) is 32.8 Å². The molecule has 46 heavy (non-hydrogen) atoms. The molecular formula is C34H39N9O3. The van der Waals surface area contributed by atoms with Crippen LogP contribution in [0.2, 0.25) is 0 Å². The van der Waals surface area contributed by atoms with Crippen molar-refractivity contribution >= 4 is 22.9 Å². The highest BCUT2D eigenvalue weighted by Crippen LogP contribution is 2.30. The molecule has 2 aromatic carbocycles. The van der Waals surface area contributed by atoms with Crippen LogP contribution >= 0.6 is 0 Å². The number of carbonyl (C=O) groups is 1. The molecule has 2 fully saturated rings. The van der Waals surface area contributed by atoms with Gasteiger partial charge in [-0.05, 0) is 69.3 Å². The quantitative estimate of drug-likeness (QED) is 0.231. The Hall–Kier alpha value is -4.99. The average molecular weight is 622 g/mol. The van der Waals surface area contributed by atoms with Gasteiger partial charge in [0.25, 0.3) is 5.91 Å². The van der Waals surface area contributed by atoms with E-state index in [-0.39, 0.29) is 35.6 Å². The minimum atomic E-state index is -0.458. The Bertz CT molecular complexity index is 1850. The number of nitrogens with zero attached hydrogens (tertiary/aromatic N) is 8. The summed E-state index contributed by atoms with van der Waals surface area (Å²) >= 11 is 0. The lowest BCUT2D eigenvalue weighted by Gasteiger charge is -2.42. The van der Waals surface area contributed by atoms with Crippen molar-refractivity contribution in [3.05, 3.63) is 83.1 Å². The fourth-order valence-electron chi connectivity index (χ4n) is 6.46. The van der Waals surface area contributed by atoms with Crippen molar-refractivity contribution < 1.29 is 9.53 Å². The number of likely N-dealkylation sites (N-methyl/N-ethyl adjacent to an activating group) is 1. The lowest BCUT2D eigenvalue weighted by molar-refractivity contribution is -0.125. The van der Waals surface area contributed by atoms with Crippen molar-refractivity contribution in [2.24, 2.45) is 0 Å². The molecule has 1 unspecified atom stereocenters. The number of fused-ring (bicyclic) bond motifs is 1. The van der Waals surface area contributed by atoms with Crippen LogP contribution < -0.4 is 16.2 Å². The molecule has 238 valence electrons. The fraction of sp³-hybridized carbons (Fsp3) is 0.382. The molecule has 12 heteroatoms. The number of imidazole rings is 1. The number of ether oxygens (including phenoxy) is 1. The fourth-order valence-corrected chi connectivity index (χ4v) is 6.46. The van der Waals surface area contributed by atoms with E-state index >= 15 is 0 Å². The molecule has 2 N–H and O–H groups in total. The van der Waals surface area contributed by atoms with E-state index in [4.69, 9.17) is 10.5 Å². The number of benzene rings is 2. The first kappa shape index (κ1) is 31.0. The number of likely N-dealkylation sites (tertiary alicyclic amines) is 1. The van der Waals surface area contributed by atoms with Crippen molar-refractivity contribution in [1.82, 2.24) is 33.8 Å². The van der Waals surface area contributed by atoms with Crippen LogP contribution in [0.3, 0.4) is 0 Å². The summed E-state index contributed by atoms with van der Waals surface area (Å²) in [5, 5.41) is 10.0. The average Bonchev–Trinajstić information content (AvgIpc) is 3.67. The summed E-state index contributed by atoms with van der Waals surface area (Å²) in [4.78, 5) is 42.7. The van der Waals surface area contributed by atoms with E-state index in [0.29, 0.717) is 41.3 Å². The number of amides is 1. The van der Waals surface area contributed by atoms with E-state index in [9.17, 15) is 14.9 Å². The van der Waals surface area contributed by atoms with Crippen LogP contribution in [-0.4, -0.2) is 91.1 Å². The van der Waals surface area contributed by atoms with Gasteiger partial charge in [-0.3, -0.25) is 18.8 Å². The molecule has 2 aromatic heterocycles. The van der Waals surface area contributed by atoms with Crippen LogP contribution in [0.1, 0.15) is 33.2 Å². The van der Waals surface area contributed by atoms with E-state index in [1.54, 1.807) is 39.8 Å². The molecule has 1 amide bonds. The Morgan fingerprint density at radius 1 is 1.04 bits per heavy atom. The van der Waals surface area contributed by atoms with Crippen LogP contribution in [0.5, 0.6) is 11.5 Å². The molecule has 1 atom stereocenters. The van der Waals surface area contributed by atoms with Crippen LogP contribution in [0.15, 0.2) is 77.4 Å². The summed E-state index contributed by atoms with van der Waals surface area (Å²) in [6.45, 7) is 11.6. The summed E-state index contributed by atoms with van der Waals surface area (Å²) in [6, 6.07) is 18.4. The smallest absolute Gasteiger partial charge is 0.335 e. The number of aromatic nitrogens is 4. The van der Waals surface area contributed by atoms with Gasteiger partial charge in [-0.25, -0.2) is 14.8 Å². The SMILES string of the molecule is CCN1CCN(C(C)(C)C=C(C#N)C(=O)N2CCC(n3c(=O)n(-c4ccc(Oc5ccccc5)cc4)c4c(N)ncnc43)C2)CC1. The number of nitriles is 1. The molecule has 4 heterocycles. The summed E-state index contributed by atoms with van der Waals surface area (Å²) < 4.78 is 9.02. The number of hydrogen-bond acceptors (Lipinski definition) is 9. The largest absolute Gasteiger partial charge is 0.457 e. The van der Waals surface area contributed by atoms with Crippen molar-refractivity contribution in [3.8, 4) is 23.3 Å². The highest BCUT2D eigenvalue weighted by molar-refractivity contribution is 5.97. The van der Waals surface area contributed by atoms with Gasteiger partial charge in [0.1, 0.15) is 35.0 Å². The topological polar surface area (TPSA) is 139 Å². The molecule has 0 aliphatic carbocycles. The van der Waals surface area contributed by atoms with Crippen molar-refractivity contribution in [2.45, 2.75) is 38.8 Å². The Balaban J connectivity index is 1.25. The van der Waals surface area contributed by atoms with E-state index < -0.39 is 5.54 Å². The van der Waals surface area contributed by atoms with Crippen LogP contribution in [0.4, 0.5) is 5.82 Å². The van der Waals surface area contributed by atoms with Gasteiger partial charge in [0.05, 0.1) is 11.7 Å². The number of carbonyl (C=O) groups excluding carboxylic acids is 1. The zero-order valence-electron chi connectivity index (χ0n) is 26.5. The van der Waals surface area contributed by atoms with Gasteiger partial charge >= 0.3 is 5.69 Å². The number of anilines is 1. The second-order valence-electron chi connectivity index (χ2n) is 12.3. The Kier molecular flexibility index (Phi) is 8.62. The maximum absolute atomic E-state index is 14.1. The van der Waals surface area contributed by atoms with E-state index in [1.165, 1.54) is 10.9 Å². The predicted molar refractivity (Wildman–Crippen MR) is 176 cm³/mol. The lowest BCUT2D eigenvalue weighted by atomic mass is 9.97. The molecule has 0 saturated carbocycles. The first-order chi connectivity index (χ1) is 22.2. The van der Waals surface area contributed by atoms with Crippen molar-refractivity contribution in [3.63, 3.8) is 0 Å². The third-order valence-electron chi connectivity index (χ3n) is 9.05. The second kappa shape index (κ2) is 12.8. The number of hydrogen-bond donors (Lipinski definition) is 1. The number of nitrogen functional groups attached to an aromatic ring is 1. The maximum atomic E-state index is 14.1. The molecule has 0 radical (unpaired) electrons. The standard InChI is InChI=1S/C34H39N9O3/c1-4-39-16-18-41(19-17-39)34(2,3)20-24(21-35)32(44)40-15-14-26(22-40)43-31-29(30(36)37-23-38-31)42(33(43)45)25-10-12-28(13-11-25)46-27-8-6-5-7-9-27/h5-13,20,23,26H,4,14-19,22H2,1-3H3,(H2,36,37,38). The minimum absolute atomic E-state index is 0.114. The minimum Gasteiger partial charge on any atom is -0.457 e. The summed E-state index contributed by atoms with van der Waals surface area (Å²) in [5.74, 6) is 1.17. The van der Waals surface area contributed by atoms with Crippen LogP contribution in [-0.2, 0) is 4.79 Å². The normalized spacial score (nSPS) is 18.2. The molecule has 12 nitrogen and oxygen atoms in total. The van der Waals surface area contributed by atoms with Crippen molar-refractivity contribution in [1.29, 1.82) is 5.26 Å². The van der Waals surface area contributed by atoms with Crippen molar-refractivity contribution in [2.75, 3.05) is 51.5 Å². The molecular weight excluding hydrogens is 582 g/mol. The third-order valence-corrected chi connectivity index (χ3v) is 9.05. The lowest BCUT2D eigenvalue weighted by Crippen LogP contribution is -2.54. The molecule has 2 aliphatic rings. The van der Waals surface area contributed by atoms with Gasteiger partial charge < -0.3 is 20.3 Å². The summed E-state index contributed by atoms with van der Waals surface area (Å²) in [7, 11) is 0. The number of piperazine rings is 1. The monoisotopic (exact) mass is 621 g/mol. The Morgan fingerprint density at radius 2 is 1.74 bits per heavy atom. The van der Waals surface area contributed by atoms with Gasteiger partial charge in [0, 0.05) is 44.8 Å². The number of nitrogens with two attached hydrogens (primary N) is 1. The number of rotatable bonds is 8. The van der Waals surface area contributed by atoms with Crippen LogP contribution in [0, 0.1) is 11.3 Å².